The van der Waals surface area contributed by atoms with Crippen LogP contribution in [0.4, 0.5) is 18.0 Å². The van der Waals surface area contributed by atoms with Crippen LogP contribution in [0.1, 0.15) is 29.4 Å². The Kier molecular flexibility index (Phi) is 9.85. The van der Waals surface area contributed by atoms with Gasteiger partial charge in [-0.05, 0) is 55.8 Å². The zero-order chi connectivity index (χ0) is 34.0. The van der Waals surface area contributed by atoms with E-state index in [1.165, 1.54) is 55.9 Å². The summed E-state index contributed by atoms with van der Waals surface area (Å²) < 4.78 is 72.3. The third-order valence-electron chi connectivity index (χ3n) is 7.42. The molecule has 0 aliphatic heterocycles. The van der Waals surface area contributed by atoms with Gasteiger partial charge in [0.05, 0.1) is 47.5 Å². The Hall–Kier alpha value is -4.39. The Bertz CT molecular complexity index is 1820. The van der Waals surface area contributed by atoms with Crippen LogP contribution in [0.3, 0.4) is 0 Å². The van der Waals surface area contributed by atoms with E-state index in [4.69, 9.17) is 18.9 Å². The molecule has 15 heteroatoms. The number of alkyl halides is 3. The third-order valence-corrected chi connectivity index (χ3v) is 9.13. The molecule has 2 aromatic carbocycles. The highest BCUT2D eigenvalue weighted by molar-refractivity contribution is 6.76. The number of ether oxygens (including phenoxy) is 4. The number of carbonyl (C=O) groups excluding carboxylic acids is 1. The highest BCUT2D eigenvalue weighted by Crippen LogP contribution is 2.53. The summed E-state index contributed by atoms with van der Waals surface area (Å²) in [5.74, 6) is -2.07. The molecular formula is C31H35F3N4O7Si. The van der Waals surface area contributed by atoms with Crippen LogP contribution in [0, 0.1) is 18.3 Å². The average molecular weight is 661 g/mol. The number of aryl methyl sites for hydroxylation is 1. The molecule has 1 atom stereocenters. The Morgan fingerprint density at radius 2 is 1.87 bits per heavy atom. The summed E-state index contributed by atoms with van der Waals surface area (Å²) in [6.45, 7) is 8.06. The van der Waals surface area contributed by atoms with Gasteiger partial charge in [0.25, 0.3) is 5.60 Å². The van der Waals surface area contributed by atoms with Crippen LogP contribution in [0.2, 0.25) is 25.7 Å². The van der Waals surface area contributed by atoms with E-state index in [1.54, 1.807) is 0 Å². The lowest BCUT2D eigenvalue weighted by Gasteiger charge is -2.37. The molecule has 0 spiro atoms. The van der Waals surface area contributed by atoms with Gasteiger partial charge in [0.15, 0.2) is 5.82 Å². The molecule has 0 aliphatic carbocycles. The second-order valence-electron chi connectivity index (χ2n) is 11.8. The first kappa shape index (κ1) is 34.5. The quantitative estimate of drug-likeness (QED) is 0.104. The molecule has 0 fully saturated rings. The van der Waals surface area contributed by atoms with E-state index in [0.29, 0.717) is 5.56 Å². The van der Waals surface area contributed by atoms with Gasteiger partial charge in [-0.3, -0.25) is 4.57 Å². The number of nitriles is 1. The second kappa shape index (κ2) is 13.1. The lowest BCUT2D eigenvalue weighted by molar-refractivity contribution is -0.270. The molecule has 2 heterocycles. The second-order valence-corrected chi connectivity index (χ2v) is 17.4. The van der Waals surface area contributed by atoms with Crippen molar-refractivity contribution in [2.45, 2.75) is 58.0 Å². The van der Waals surface area contributed by atoms with Gasteiger partial charge in [0.2, 0.25) is 0 Å². The zero-order valence-electron chi connectivity index (χ0n) is 26.3. The first-order chi connectivity index (χ1) is 21.6. The van der Waals surface area contributed by atoms with E-state index in [0.717, 1.165) is 16.8 Å². The number of fused-ring (bicyclic) bond motifs is 2. The summed E-state index contributed by atoms with van der Waals surface area (Å²) in [5, 5.41) is 19.2. The number of nitrogens with zero attached hydrogens (tertiary/aromatic N) is 4. The van der Waals surface area contributed by atoms with Crippen molar-refractivity contribution in [3.8, 4) is 11.8 Å². The van der Waals surface area contributed by atoms with E-state index >= 15 is 13.2 Å². The van der Waals surface area contributed by atoms with Crippen molar-refractivity contribution in [2.24, 2.45) is 0 Å². The standard InChI is InChI=1S/C31H35F3N4O7Si/c1-7-44-25(39)17-45-30(31(32,33)34,26-21-10-11-37(29(40)41)27(21)19(2)14-24(26)42-3)28-36-22-15-20(16-35)8-9-23(22)38(28)18-43-12-13-46(4,5)6/h8-11,14-15H,7,12-13,17-18H2,1-6H3,(H,40,41). The average Bonchev–Trinajstić information content (AvgIpc) is 3.58. The van der Waals surface area contributed by atoms with Crippen LogP contribution in [0.5, 0.6) is 5.75 Å². The monoisotopic (exact) mass is 660 g/mol. The Balaban J connectivity index is 2.15. The molecule has 11 nitrogen and oxygen atoms in total. The maximum atomic E-state index is 16.1. The minimum Gasteiger partial charge on any atom is -0.496 e. The van der Waals surface area contributed by atoms with Gasteiger partial charge in [-0.25, -0.2) is 14.6 Å². The van der Waals surface area contributed by atoms with Crippen molar-refractivity contribution in [3.05, 3.63) is 59.0 Å². The van der Waals surface area contributed by atoms with Crippen molar-refractivity contribution >= 4 is 42.1 Å². The normalized spacial score (nSPS) is 13.5. The number of aromatic nitrogens is 3. The molecule has 46 heavy (non-hydrogen) atoms. The zero-order valence-corrected chi connectivity index (χ0v) is 27.3. The van der Waals surface area contributed by atoms with E-state index in [9.17, 15) is 20.0 Å². The predicted octanol–water partition coefficient (Wildman–Crippen LogP) is 6.40. The molecule has 2 aromatic heterocycles. The minimum atomic E-state index is -5.34. The van der Waals surface area contributed by atoms with Gasteiger partial charge in [-0.1, -0.05) is 19.6 Å². The van der Waals surface area contributed by atoms with Crippen molar-refractivity contribution in [3.63, 3.8) is 0 Å². The number of methoxy groups -OCH3 is 1. The summed E-state index contributed by atoms with van der Waals surface area (Å²) in [5.41, 5.74) is -3.48. The van der Waals surface area contributed by atoms with Gasteiger partial charge in [-0.15, -0.1) is 0 Å². The van der Waals surface area contributed by atoms with Gasteiger partial charge < -0.3 is 28.6 Å². The molecule has 4 rings (SSSR count). The van der Waals surface area contributed by atoms with Crippen molar-refractivity contribution in [1.29, 1.82) is 5.26 Å². The van der Waals surface area contributed by atoms with Crippen LogP contribution in [0.15, 0.2) is 36.5 Å². The van der Waals surface area contributed by atoms with E-state index in [1.807, 2.05) is 6.07 Å². The number of imidazole rings is 1. The van der Waals surface area contributed by atoms with Gasteiger partial charge in [-0.2, -0.15) is 18.4 Å². The molecule has 0 aliphatic rings. The smallest absolute Gasteiger partial charge is 0.429 e. The molecule has 0 saturated heterocycles. The lowest BCUT2D eigenvalue weighted by Crippen LogP contribution is -2.49. The highest BCUT2D eigenvalue weighted by Gasteiger charge is 2.64. The first-order valence-corrected chi connectivity index (χ1v) is 18.1. The van der Waals surface area contributed by atoms with E-state index < -0.39 is 49.9 Å². The SMILES string of the molecule is CCOC(=O)COC(c1c(OC)cc(C)c2c1ccn2C(=O)O)(c1nc2cc(C#N)ccc2n1COCC[Si](C)(C)C)C(F)(F)F. The van der Waals surface area contributed by atoms with Crippen LogP contribution in [-0.2, 0) is 31.3 Å². The predicted molar refractivity (Wildman–Crippen MR) is 165 cm³/mol. The van der Waals surface area contributed by atoms with E-state index in [2.05, 4.69) is 24.6 Å². The number of hydrogen-bond acceptors (Lipinski definition) is 8. The Labute approximate surface area is 264 Å². The molecule has 0 amide bonds. The summed E-state index contributed by atoms with van der Waals surface area (Å²) in [4.78, 5) is 29.1. The Morgan fingerprint density at radius 1 is 1.15 bits per heavy atom. The van der Waals surface area contributed by atoms with Crippen LogP contribution in [0.25, 0.3) is 21.9 Å². The largest absolute Gasteiger partial charge is 0.496 e. The number of carbonyl (C=O) groups is 2. The number of benzene rings is 2. The number of rotatable bonds is 12. The maximum absolute atomic E-state index is 16.1. The van der Waals surface area contributed by atoms with Crippen LogP contribution in [-0.4, -0.2) is 72.5 Å². The van der Waals surface area contributed by atoms with Crippen molar-refractivity contribution < 1.29 is 46.8 Å². The fraction of sp³-hybridized carbons (Fsp3) is 0.419. The fourth-order valence-corrected chi connectivity index (χ4v) is 6.05. The fourth-order valence-electron chi connectivity index (χ4n) is 5.29. The summed E-state index contributed by atoms with van der Waals surface area (Å²) >= 11 is 0. The molecule has 0 saturated carbocycles. The van der Waals surface area contributed by atoms with Gasteiger partial charge in [0, 0.05) is 26.3 Å². The molecule has 1 unspecified atom stereocenters. The highest BCUT2D eigenvalue weighted by atomic mass is 28.3. The van der Waals surface area contributed by atoms with Crippen molar-refractivity contribution in [2.75, 3.05) is 26.9 Å². The molecule has 1 N–H and O–H groups in total. The summed E-state index contributed by atoms with van der Waals surface area (Å²) in [7, 11) is -0.402. The first-order valence-electron chi connectivity index (χ1n) is 14.4. The van der Waals surface area contributed by atoms with E-state index in [-0.39, 0.29) is 53.2 Å². The summed E-state index contributed by atoms with van der Waals surface area (Å²) in [6.07, 6.45) is -5.64. The third kappa shape index (κ3) is 6.46. The van der Waals surface area contributed by atoms with Crippen LogP contribution < -0.4 is 4.74 Å². The molecule has 0 radical (unpaired) electrons. The van der Waals surface area contributed by atoms with Crippen molar-refractivity contribution in [1.82, 2.24) is 14.1 Å². The molecule has 4 aromatic rings. The topological polar surface area (TPSA) is 138 Å². The molecule has 246 valence electrons. The molecular weight excluding hydrogens is 625 g/mol. The van der Waals surface area contributed by atoms with Gasteiger partial charge in [0.1, 0.15) is 19.1 Å². The maximum Gasteiger partial charge on any atom is 0.429 e. The summed E-state index contributed by atoms with van der Waals surface area (Å²) in [6, 6.07) is 9.43. The Morgan fingerprint density at radius 3 is 2.46 bits per heavy atom. The molecule has 0 bridgehead atoms. The lowest BCUT2D eigenvalue weighted by atomic mass is 9.86. The number of hydrogen-bond donors (Lipinski definition) is 1. The number of esters is 1. The van der Waals surface area contributed by atoms with Crippen LogP contribution >= 0.6 is 0 Å². The minimum absolute atomic E-state index is 0.0432. The van der Waals surface area contributed by atoms with Gasteiger partial charge >= 0.3 is 18.2 Å². The number of carboxylic acid groups (broad SMARTS) is 1. The number of halogens is 3.